The fourth-order valence-electron chi connectivity index (χ4n) is 3.80. The van der Waals surface area contributed by atoms with Crippen LogP contribution in [0.5, 0.6) is 0 Å². The lowest BCUT2D eigenvalue weighted by atomic mass is 9.83. The Balaban J connectivity index is 2.01. The molecule has 0 spiro atoms. The van der Waals surface area contributed by atoms with E-state index < -0.39 is 14.1 Å². The molecular formula is C10H5Cl7O. The van der Waals surface area contributed by atoms with Crippen LogP contribution in [-0.4, -0.2) is 31.7 Å². The second-order valence-corrected chi connectivity index (χ2v) is 8.97. The summed E-state index contributed by atoms with van der Waals surface area (Å²) in [5.74, 6) is -0.457. The standard InChI is InChI=1S/C10H5Cl7O/c11-3-1-2(4-5(3)18-4)9(15)7(13)6(12)8(1,14)10(9,16)17/h1-5H/t1?,2?,3-,4+,5-,8-,9+/m1/s1. The number of fused-ring (bicyclic) bond motifs is 7. The van der Waals surface area contributed by atoms with E-state index in [2.05, 4.69) is 0 Å². The van der Waals surface area contributed by atoms with Gasteiger partial charge in [-0.05, 0) is 0 Å². The number of rotatable bonds is 0. The first-order valence-corrected chi connectivity index (χ1v) is 8.02. The molecule has 1 saturated heterocycles. The van der Waals surface area contributed by atoms with Gasteiger partial charge in [-0.25, -0.2) is 0 Å². The van der Waals surface area contributed by atoms with E-state index in [1.165, 1.54) is 0 Å². The van der Waals surface area contributed by atoms with Crippen molar-refractivity contribution in [1.29, 1.82) is 0 Å². The van der Waals surface area contributed by atoms with Crippen molar-refractivity contribution in [2.75, 3.05) is 0 Å². The Morgan fingerprint density at radius 2 is 1.33 bits per heavy atom. The minimum atomic E-state index is -1.50. The Labute approximate surface area is 139 Å². The first-order chi connectivity index (χ1) is 8.20. The van der Waals surface area contributed by atoms with Crippen molar-refractivity contribution in [3.05, 3.63) is 10.1 Å². The quantitative estimate of drug-likeness (QED) is 0.441. The highest BCUT2D eigenvalue weighted by Gasteiger charge is 2.89. The Morgan fingerprint density at radius 3 is 1.89 bits per heavy atom. The van der Waals surface area contributed by atoms with E-state index >= 15 is 0 Å². The van der Waals surface area contributed by atoms with Gasteiger partial charge in [0.1, 0.15) is 15.9 Å². The van der Waals surface area contributed by atoms with Crippen molar-refractivity contribution in [2.45, 2.75) is 31.7 Å². The predicted molar refractivity (Wildman–Crippen MR) is 75.6 cm³/mol. The zero-order chi connectivity index (χ0) is 13.2. The molecule has 0 amide bonds. The van der Waals surface area contributed by atoms with Crippen LogP contribution in [0.25, 0.3) is 0 Å². The van der Waals surface area contributed by atoms with Gasteiger partial charge in [0, 0.05) is 11.8 Å². The van der Waals surface area contributed by atoms with Crippen LogP contribution in [0.3, 0.4) is 0 Å². The van der Waals surface area contributed by atoms with Gasteiger partial charge >= 0.3 is 0 Å². The highest BCUT2D eigenvalue weighted by molar-refractivity contribution is 6.66. The fourth-order valence-corrected chi connectivity index (χ4v) is 7.49. The summed E-state index contributed by atoms with van der Waals surface area (Å²) in [6, 6.07) is 0. The third-order valence-electron chi connectivity index (χ3n) is 4.62. The highest BCUT2D eigenvalue weighted by atomic mass is 35.5. The molecular weight excluding hydrogens is 384 g/mol. The fraction of sp³-hybridized carbons (Fsp3) is 0.800. The summed E-state index contributed by atoms with van der Waals surface area (Å²) in [5.41, 5.74) is 0. The van der Waals surface area contributed by atoms with Gasteiger partial charge in [0.05, 0.1) is 21.5 Å². The van der Waals surface area contributed by atoms with Gasteiger partial charge in [0.15, 0.2) is 4.33 Å². The SMILES string of the molecule is ClC1=C(Cl)[C@]2(Cl)C3C([C@@H]4O[C@@H]4[C@@H]3Cl)[C@@]1(Cl)C2(Cl)Cl. The maximum absolute atomic E-state index is 6.65. The predicted octanol–water partition coefficient (Wildman–Crippen LogP) is 4.45. The summed E-state index contributed by atoms with van der Waals surface area (Å²) in [4.78, 5) is -2.48. The molecule has 0 aromatic heterocycles. The molecule has 8 heteroatoms. The Bertz CT molecular complexity index is 476. The monoisotopic (exact) mass is 386 g/mol. The van der Waals surface area contributed by atoms with Crippen molar-refractivity contribution >= 4 is 81.2 Å². The Morgan fingerprint density at radius 1 is 0.833 bits per heavy atom. The molecule has 2 bridgehead atoms. The van der Waals surface area contributed by atoms with Crippen LogP contribution in [0.4, 0.5) is 0 Å². The molecule has 18 heavy (non-hydrogen) atoms. The number of epoxide rings is 1. The van der Waals surface area contributed by atoms with Crippen molar-refractivity contribution < 1.29 is 4.74 Å². The van der Waals surface area contributed by atoms with Gasteiger partial charge in [-0.2, -0.15) is 0 Å². The van der Waals surface area contributed by atoms with Crippen LogP contribution in [0, 0.1) is 11.8 Å². The van der Waals surface area contributed by atoms with E-state index in [1.807, 2.05) is 0 Å². The summed E-state index contributed by atoms with van der Waals surface area (Å²) in [7, 11) is 0. The molecule has 0 aromatic rings. The minimum absolute atomic E-state index is 0.0608. The Hall–Kier alpha value is 1.73. The number of alkyl halides is 5. The van der Waals surface area contributed by atoms with Gasteiger partial charge in [-0.3, -0.25) is 0 Å². The molecule has 4 rings (SSSR count). The van der Waals surface area contributed by atoms with E-state index in [4.69, 9.17) is 85.9 Å². The average Bonchev–Trinajstić information content (AvgIpc) is 2.98. The summed E-state index contributed by atoms with van der Waals surface area (Å²) < 4.78 is 4.00. The van der Waals surface area contributed by atoms with E-state index in [0.717, 1.165) is 0 Å². The Kier molecular flexibility index (Phi) is 2.52. The summed E-state index contributed by atoms with van der Waals surface area (Å²) in [6.07, 6.45) is -0.152. The van der Waals surface area contributed by atoms with Gasteiger partial charge < -0.3 is 4.74 Å². The summed E-state index contributed by atoms with van der Waals surface area (Å²) >= 11 is 45.0. The number of halogens is 7. The second kappa shape index (κ2) is 3.38. The normalized spacial score (nSPS) is 63.2. The smallest absolute Gasteiger partial charge is 0.166 e. The number of hydrogen-bond donors (Lipinski definition) is 0. The lowest BCUT2D eigenvalue weighted by Gasteiger charge is -2.35. The summed E-state index contributed by atoms with van der Waals surface area (Å²) in [6.45, 7) is 0. The lowest BCUT2D eigenvalue weighted by Crippen LogP contribution is -2.46. The first kappa shape index (κ1) is 13.4. The van der Waals surface area contributed by atoms with Crippen molar-refractivity contribution in [3.8, 4) is 0 Å². The number of hydrogen-bond acceptors (Lipinski definition) is 1. The number of allylic oxidation sites excluding steroid dienone is 2. The van der Waals surface area contributed by atoms with E-state index in [9.17, 15) is 0 Å². The number of ether oxygens (including phenoxy) is 1. The molecule has 3 fully saturated rings. The molecule has 0 aromatic carbocycles. The van der Waals surface area contributed by atoms with Crippen LogP contribution in [-0.2, 0) is 4.74 Å². The van der Waals surface area contributed by atoms with E-state index in [0.29, 0.717) is 0 Å². The first-order valence-electron chi connectivity index (χ1n) is 5.32. The molecule has 0 radical (unpaired) electrons. The molecule has 2 unspecified atom stereocenters. The molecule has 1 heterocycles. The highest BCUT2D eigenvalue weighted by Crippen LogP contribution is 2.81. The van der Waals surface area contributed by atoms with Gasteiger partial charge in [0.25, 0.3) is 0 Å². The molecule has 1 nitrogen and oxygen atoms in total. The third kappa shape index (κ3) is 1.02. The van der Waals surface area contributed by atoms with Gasteiger partial charge in [-0.1, -0.05) is 46.4 Å². The molecule has 3 aliphatic carbocycles. The molecule has 0 N–H and O–H groups in total. The molecule has 7 atom stereocenters. The molecule has 1 aliphatic heterocycles. The maximum atomic E-state index is 6.65. The van der Waals surface area contributed by atoms with Crippen molar-refractivity contribution in [2.24, 2.45) is 11.8 Å². The minimum Gasteiger partial charge on any atom is -0.368 e. The van der Waals surface area contributed by atoms with Crippen LogP contribution < -0.4 is 0 Å². The lowest BCUT2D eigenvalue weighted by molar-refractivity contribution is 0.204. The van der Waals surface area contributed by atoms with Crippen LogP contribution in [0.15, 0.2) is 10.1 Å². The third-order valence-corrected chi connectivity index (χ3v) is 9.44. The van der Waals surface area contributed by atoms with Gasteiger partial charge in [-0.15, -0.1) is 34.8 Å². The molecule has 100 valence electrons. The maximum Gasteiger partial charge on any atom is 0.166 e. The molecule has 2 saturated carbocycles. The second-order valence-electron chi connectivity index (χ2n) is 5.19. The van der Waals surface area contributed by atoms with Crippen LogP contribution in [0.2, 0.25) is 0 Å². The van der Waals surface area contributed by atoms with Crippen molar-refractivity contribution in [3.63, 3.8) is 0 Å². The van der Waals surface area contributed by atoms with E-state index in [-0.39, 0.29) is 39.5 Å². The zero-order valence-electron chi connectivity index (χ0n) is 8.44. The van der Waals surface area contributed by atoms with E-state index in [1.54, 1.807) is 0 Å². The van der Waals surface area contributed by atoms with Crippen LogP contribution in [0.1, 0.15) is 0 Å². The zero-order valence-corrected chi connectivity index (χ0v) is 13.7. The molecule has 4 aliphatic rings. The van der Waals surface area contributed by atoms with Crippen LogP contribution >= 0.6 is 81.2 Å². The van der Waals surface area contributed by atoms with Crippen molar-refractivity contribution in [1.82, 2.24) is 0 Å². The average molecular weight is 389 g/mol. The topological polar surface area (TPSA) is 12.5 Å². The largest absolute Gasteiger partial charge is 0.368 e. The van der Waals surface area contributed by atoms with Gasteiger partial charge in [0.2, 0.25) is 0 Å². The summed E-state index contributed by atoms with van der Waals surface area (Å²) in [5, 5.41) is 0.111.